The van der Waals surface area contributed by atoms with Crippen molar-refractivity contribution < 1.29 is 5.11 Å². The van der Waals surface area contributed by atoms with Crippen LogP contribution in [-0.4, -0.2) is 47.1 Å². The van der Waals surface area contributed by atoms with Gasteiger partial charge in [0, 0.05) is 49.4 Å². The lowest BCUT2D eigenvalue weighted by atomic mass is 10.1. The number of nitrogens with zero attached hydrogens (tertiary/aromatic N) is 2. The van der Waals surface area contributed by atoms with E-state index in [0.717, 1.165) is 38.3 Å². The van der Waals surface area contributed by atoms with Crippen LogP contribution in [0.5, 0.6) is 5.75 Å². The highest BCUT2D eigenvalue weighted by atomic mass is 35.5. The van der Waals surface area contributed by atoms with Gasteiger partial charge in [0.1, 0.15) is 5.75 Å². The summed E-state index contributed by atoms with van der Waals surface area (Å²) in [6, 6.07) is 5.92. The molecule has 0 bridgehead atoms. The number of hydrogen-bond acceptors (Lipinski definition) is 3. The highest BCUT2D eigenvalue weighted by molar-refractivity contribution is 6.31. The molecule has 1 fully saturated rings. The van der Waals surface area contributed by atoms with Gasteiger partial charge in [-0.15, -0.1) is 0 Å². The molecule has 18 heavy (non-hydrogen) atoms. The molecule has 0 amide bonds. The van der Waals surface area contributed by atoms with E-state index < -0.39 is 0 Å². The SMILES string of the molecule is CC(C)N1CCN(Cc2c(O)cccc2Cl)CC1. The molecule has 1 saturated heterocycles. The van der Waals surface area contributed by atoms with E-state index in [1.807, 2.05) is 6.07 Å². The van der Waals surface area contributed by atoms with Gasteiger partial charge in [-0.3, -0.25) is 9.80 Å². The minimum Gasteiger partial charge on any atom is -0.508 e. The van der Waals surface area contributed by atoms with E-state index in [2.05, 4.69) is 23.6 Å². The lowest BCUT2D eigenvalue weighted by Crippen LogP contribution is -2.48. The van der Waals surface area contributed by atoms with E-state index >= 15 is 0 Å². The maximum absolute atomic E-state index is 9.84. The molecule has 1 heterocycles. The molecule has 0 radical (unpaired) electrons. The Labute approximate surface area is 114 Å². The van der Waals surface area contributed by atoms with Crippen molar-refractivity contribution in [3.05, 3.63) is 28.8 Å². The van der Waals surface area contributed by atoms with Gasteiger partial charge in [-0.1, -0.05) is 17.7 Å². The quantitative estimate of drug-likeness (QED) is 0.913. The van der Waals surface area contributed by atoms with Gasteiger partial charge < -0.3 is 5.11 Å². The summed E-state index contributed by atoms with van der Waals surface area (Å²) in [6.45, 7) is 9.43. The van der Waals surface area contributed by atoms with E-state index in [9.17, 15) is 5.11 Å². The van der Waals surface area contributed by atoms with Gasteiger partial charge >= 0.3 is 0 Å². The molecule has 0 aliphatic carbocycles. The Morgan fingerprint density at radius 3 is 2.44 bits per heavy atom. The first kappa shape index (κ1) is 13.7. The van der Waals surface area contributed by atoms with Gasteiger partial charge in [-0.05, 0) is 26.0 Å². The molecule has 0 aromatic heterocycles. The molecule has 4 heteroatoms. The van der Waals surface area contributed by atoms with Crippen LogP contribution in [0, 0.1) is 0 Å². The van der Waals surface area contributed by atoms with Crippen molar-refractivity contribution in [2.45, 2.75) is 26.4 Å². The maximum atomic E-state index is 9.84. The van der Waals surface area contributed by atoms with Crippen LogP contribution in [0.15, 0.2) is 18.2 Å². The summed E-state index contributed by atoms with van der Waals surface area (Å²) in [6.07, 6.45) is 0. The second-order valence-corrected chi connectivity index (χ2v) is 5.55. The van der Waals surface area contributed by atoms with Crippen molar-refractivity contribution in [3.63, 3.8) is 0 Å². The predicted octanol–water partition coefficient (Wildman–Crippen LogP) is 2.57. The van der Waals surface area contributed by atoms with Crippen LogP contribution in [0.25, 0.3) is 0 Å². The second-order valence-electron chi connectivity index (χ2n) is 5.14. The van der Waals surface area contributed by atoms with Crippen molar-refractivity contribution in [1.29, 1.82) is 0 Å². The summed E-state index contributed by atoms with van der Waals surface area (Å²) < 4.78 is 0. The molecule has 0 unspecified atom stereocenters. The van der Waals surface area contributed by atoms with E-state index in [4.69, 9.17) is 11.6 Å². The zero-order valence-electron chi connectivity index (χ0n) is 11.1. The number of phenolic OH excluding ortho intramolecular Hbond substituents is 1. The normalized spacial score (nSPS) is 18.4. The van der Waals surface area contributed by atoms with E-state index in [0.29, 0.717) is 16.8 Å². The van der Waals surface area contributed by atoms with Crippen molar-refractivity contribution in [2.24, 2.45) is 0 Å². The van der Waals surface area contributed by atoms with E-state index in [1.54, 1.807) is 12.1 Å². The number of hydrogen-bond donors (Lipinski definition) is 1. The maximum Gasteiger partial charge on any atom is 0.121 e. The van der Waals surface area contributed by atoms with Crippen molar-refractivity contribution in [1.82, 2.24) is 9.80 Å². The Morgan fingerprint density at radius 1 is 1.22 bits per heavy atom. The molecule has 3 nitrogen and oxygen atoms in total. The molecule has 0 saturated carbocycles. The fraction of sp³-hybridized carbons (Fsp3) is 0.571. The summed E-state index contributed by atoms with van der Waals surface area (Å²) in [5.41, 5.74) is 0.845. The van der Waals surface area contributed by atoms with Gasteiger partial charge in [0.2, 0.25) is 0 Å². The Bertz CT molecular complexity index is 381. The van der Waals surface area contributed by atoms with Crippen LogP contribution in [0.2, 0.25) is 5.02 Å². The average molecular weight is 269 g/mol. The van der Waals surface area contributed by atoms with Gasteiger partial charge in [0.15, 0.2) is 0 Å². The Kier molecular flexibility index (Phi) is 4.49. The number of aromatic hydroxyl groups is 1. The van der Waals surface area contributed by atoms with Crippen molar-refractivity contribution in [3.8, 4) is 5.75 Å². The van der Waals surface area contributed by atoms with Gasteiger partial charge in [-0.2, -0.15) is 0 Å². The molecule has 2 rings (SSSR count). The first-order chi connectivity index (χ1) is 8.58. The van der Waals surface area contributed by atoms with Crippen LogP contribution in [0.3, 0.4) is 0 Å². The average Bonchev–Trinajstić information content (AvgIpc) is 2.34. The van der Waals surface area contributed by atoms with Gasteiger partial charge in [0.05, 0.1) is 0 Å². The second kappa shape index (κ2) is 5.91. The minimum atomic E-state index is 0.300. The van der Waals surface area contributed by atoms with Crippen LogP contribution in [0.1, 0.15) is 19.4 Å². The number of phenols is 1. The molecule has 1 aromatic rings. The minimum absolute atomic E-state index is 0.300. The fourth-order valence-electron chi connectivity index (χ4n) is 2.37. The highest BCUT2D eigenvalue weighted by Gasteiger charge is 2.20. The summed E-state index contributed by atoms with van der Waals surface area (Å²) in [5, 5.41) is 10.5. The summed E-state index contributed by atoms with van der Waals surface area (Å²) in [4.78, 5) is 4.82. The third-order valence-corrected chi connectivity index (χ3v) is 3.97. The molecule has 1 aliphatic heterocycles. The summed E-state index contributed by atoms with van der Waals surface area (Å²) >= 11 is 6.13. The number of halogens is 1. The Morgan fingerprint density at radius 2 is 1.89 bits per heavy atom. The summed E-state index contributed by atoms with van der Waals surface area (Å²) in [7, 11) is 0. The van der Waals surface area contributed by atoms with Gasteiger partial charge in [-0.25, -0.2) is 0 Å². The molecule has 0 atom stereocenters. The van der Waals surface area contributed by atoms with E-state index in [1.165, 1.54) is 0 Å². The van der Waals surface area contributed by atoms with E-state index in [-0.39, 0.29) is 0 Å². The topological polar surface area (TPSA) is 26.7 Å². The fourth-order valence-corrected chi connectivity index (χ4v) is 2.59. The van der Waals surface area contributed by atoms with Crippen LogP contribution < -0.4 is 0 Å². The molecule has 100 valence electrons. The molecule has 1 aliphatic rings. The molecule has 1 aromatic carbocycles. The molecule has 0 spiro atoms. The lowest BCUT2D eigenvalue weighted by Gasteiger charge is -2.37. The Balaban J connectivity index is 1.96. The monoisotopic (exact) mass is 268 g/mol. The van der Waals surface area contributed by atoms with Crippen LogP contribution in [-0.2, 0) is 6.54 Å². The first-order valence-corrected chi connectivity index (χ1v) is 6.88. The molecular weight excluding hydrogens is 248 g/mol. The standard InChI is InChI=1S/C14H21ClN2O/c1-11(2)17-8-6-16(7-9-17)10-12-13(15)4-3-5-14(12)18/h3-5,11,18H,6-10H2,1-2H3. The molecule has 1 N–H and O–H groups in total. The highest BCUT2D eigenvalue weighted by Crippen LogP contribution is 2.27. The predicted molar refractivity (Wildman–Crippen MR) is 75.1 cm³/mol. The zero-order valence-corrected chi connectivity index (χ0v) is 11.8. The lowest BCUT2D eigenvalue weighted by molar-refractivity contribution is 0.103. The molecular formula is C14H21ClN2O. The smallest absolute Gasteiger partial charge is 0.121 e. The third kappa shape index (κ3) is 3.16. The number of piperazine rings is 1. The van der Waals surface area contributed by atoms with Crippen LogP contribution >= 0.6 is 11.6 Å². The largest absolute Gasteiger partial charge is 0.508 e. The van der Waals surface area contributed by atoms with Crippen molar-refractivity contribution >= 4 is 11.6 Å². The number of rotatable bonds is 3. The van der Waals surface area contributed by atoms with Gasteiger partial charge in [0.25, 0.3) is 0 Å². The third-order valence-electron chi connectivity index (χ3n) is 3.61. The zero-order chi connectivity index (χ0) is 13.1. The summed E-state index contributed by atoms with van der Waals surface area (Å²) in [5.74, 6) is 0.300. The van der Waals surface area contributed by atoms with Crippen molar-refractivity contribution in [2.75, 3.05) is 26.2 Å². The number of benzene rings is 1. The Hall–Kier alpha value is -0.770. The van der Waals surface area contributed by atoms with Crippen LogP contribution in [0.4, 0.5) is 0 Å². The first-order valence-electron chi connectivity index (χ1n) is 6.50.